The Morgan fingerprint density at radius 3 is 2.45 bits per heavy atom. The number of aromatic nitrogens is 2. The molecule has 0 radical (unpaired) electrons. The Hall–Kier alpha value is -2.86. The fourth-order valence-corrected chi connectivity index (χ4v) is 4.82. The highest BCUT2D eigenvalue weighted by Gasteiger charge is 2.16. The highest BCUT2D eigenvalue weighted by molar-refractivity contribution is 6.31. The summed E-state index contributed by atoms with van der Waals surface area (Å²) in [5.41, 5.74) is 0.759. The van der Waals surface area contributed by atoms with Gasteiger partial charge in [-0.3, -0.25) is 18.7 Å². The van der Waals surface area contributed by atoms with Crippen LogP contribution in [0, 0.1) is 0 Å². The summed E-state index contributed by atoms with van der Waals surface area (Å²) < 4.78 is 2.89. The molecule has 174 valence electrons. The highest BCUT2D eigenvalue weighted by Crippen LogP contribution is 2.18. The number of fused-ring (bicyclic) bond motifs is 1. The van der Waals surface area contributed by atoms with Gasteiger partial charge in [-0.2, -0.15) is 0 Å². The van der Waals surface area contributed by atoms with Crippen LogP contribution >= 0.6 is 11.6 Å². The molecular formula is C26H30ClN3O3. The van der Waals surface area contributed by atoms with Gasteiger partial charge in [-0.15, -0.1) is 0 Å². The molecule has 2 aromatic carbocycles. The van der Waals surface area contributed by atoms with E-state index in [-0.39, 0.29) is 30.2 Å². The molecule has 1 heterocycles. The summed E-state index contributed by atoms with van der Waals surface area (Å²) >= 11 is 6.33. The van der Waals surface area contributed by atoms with Crippen LogP contribution < -0.4 is 16.6 Å². The summed E-state index contributed by atoms with van der Waals surface area (Å²) in [4.78, 5) is 38.6. The standard InChI is InChI=1S/C26H30ClN3O3/c27-22-14-6-4-10-19(22)18-30-23-15-7-5-13-21(23)25(32)29(26(30)33)17-9-8-16-24(31)28-20-11-2-1-3-12-20/h4-7,10,13-15,20H,1-3,8-9,11-12,16-18H2,(H,28,31). The van der Waals surface area contributed by atoms with Crippen LogP contribution in [0.25, 0.3) is 10.9 Å². The van der Waals surface area contributed by atoms with Crippen molar-refractivity contribution in [1.29, 1.82) is 0 Å². The third kappa shape index (κ3) is 5.56. The smallest absolute Gasteiger partial charge is 0.331 e. The van der Waals surface area contributed by atoms with E-state index in [1.165, 1.54) is 23.8 Å². The third-order valence-corrected chi connectivity index (χ3v) is 6.79. The van der Waals surface area contributed by atoms with Crippen molar-refractivity contribution in [2.75, 3.05) is 0 Å². The molecule has 0 spiro atoms. The number of nitrogens with zero attached hydrogens (tertiary/aromatic N) is 2. The number of unbranched alkanes of at least 4 members (excludes halogenated alkanes) is 1. The van der Waals surface area contributed by atoms with Gasteiger partial charge in [0.15, 0.2) is 0 Å². The zero-order valence-corrected chi connectivity index (χ0v) is 19.5. The number of hydrogen-bond acceptors (Lipinski definition) is 3. The van der Waals surface area contributed by atoms with Crippen molar-refractivity contribution in [2.24, 2.45) is 0 Å². The summed E-state index contributed by atoms with van der Waals surface area (Å²) in [7, 11) is 0. The zero-order valence-electron chi connectivity index (χ0n) is 18.8. The molecule has 0 saturated heterocycles. The minimum atomic E-state index is -0.356. The van der Waals surface area contributed by atoms with Crippen LogP contribution in [0.5, 0.6) is 0 Å². The van der Waals surface area contributed by atoms with E-state index < -0.39 is 0 Å². The largest absolute Gasteiger partial charge is 0.353 e. The molecule has 7 heteroatoms. The number of benzene rings is 2. The maximum Gasteiger partial charge on any atom is 0.331 e. The Labute approximate surface area is 198 Å². The van der Waals surface area contributed by atoms with Gasteiger partial charge in [0, 0.05) is 24.0 Å². The number of hydrogen-bond donors (Lipinski definition) is 1. The lowest BCUT2D eigenvalue weighted by molar-refractivity contribution is -0.122. The molecule has 33 heavy (non-hydrogen) atoms. The van der Waals surface area contributed by atoms with Crippen molar-refractivity contribution >= 4 is 28.4 Å². The van der Waals surface area contributed by atoms with Crippen LogP contribution in [0.15, 0.2) is 58.1 Å². The molecule has 4 rings (SSSR count). The average Bonchev–Trinajstić information content (AvgIpc) is 2.83. The van der Waals surface area contributed by atoms with E-state index in [0.29, 0.717) is 41.2 Å². The minimum Gasteiger partial charge on any atom is -0.353 e. The summed E-state index contributed by atoms with van der Waals surface area (Å²) in [6, 6.07) is 14.8. The minimum absolute atomic E-state index is 0.0592. The fraction of sp³-hybridized carbons (Fsp3) is 0.423. The van der Waals surface area contributed by atoms with Gasteiger partial charge in [-0.05, 0) is 49.4 Å². The van der Waals surface area contributed by atoms with Crippen LogP contribution in [0.3, 0.4) is 0 Å². The topological polar surface area (TPSA) is 73.1 Å². The van der Waals surface area contributed by atoms with E-state index in [1.54, 1.807) is 28.8 Å². The van der Waals surface area contributed by atoms with E-state index in [2.05, 4.69) is 5.32 Å². The number of rotatable bonds is 8. The summed E-state index contributed by atoms with van der Waals surface area (Å²) in [5.74, 6) is 0.0592. The Kier molecular flexibility index (Phi) is 7.65. The van der Waals surface area contributed by atoms with Gasteiger partial charge in [0.05, 0.1) is 17.4 Å². The summed E-state index contributed by atoms with van der Waals surface area (Å²) in [6.07, 6.45) is 7.34. The van der Waals surface area contributed by atoms with Crippen LogP contribution in [0.4, 0.5) is 0 Å². The Morgan fingerprint density at radius 1 is 0.939 bits per heavy atom. The van der Waals surface area contributed by atoms with Crippen molar-refractivity contribution in [1.82, 2.24) is 14.5 Å². The van der Waals surface area contributed by atoms with Gasteiger partial charge in [-0.1, -0.05) is 61.2 Å². The molecule has 1 N–H and O–H groups in total. The molecule has 1 aliphatic rings. The van der Waals surface area contributed by atoms with Crippen molar-refractivity contribution in [2.45, 2.75) is 70.5 Å². The molecule has 1 saturated carbocycles. The monoisotopic (exact) mass is 467 g/mol. The normalized spacial score (nSPS) is 14.5. The maximum atomic E-state index is 13.3. The van der Waals surface area contributed by atoms with Crippen LogP contribution in [-0.4, -0.2) is 21.1 Å². The molecular weight excluding hydrogens is 438 g/mol. The van der Waals surface area contributed by atoms with Gasteiger partial charge >= 0.3 is 5.69 Å². The van der Waals surface area contributed by atoms with Crippen molar-refractivity contribution in [3.05, 3.63) is 80.0 Å². The first kappa shape index (κ1) is 23.3. The predicted molar refractivity (Wildman–Crippen MR) is 132 cm³/mol. The SMILES string of the molecule is O=C(CCCCn1c(=O)c2ccccc2n(Cc2ccccc2Cl)c1=O)NC1CCCCC1. The quantitative estimate of drug-likeness (QED) is 0.496. The van der Waals surface area contributed by atoms with Crippen molar-refractivity contribution in [3.63, 3.8) is 0 Å². The second-order valence-electron chi connectivity index (χ2n) is 8.79. The van der Waals surface area contributed by atoms with E-state index in [9.17, 15) is 14.4 Å². The van der Waals surface area contributed by atoms with E-state index >= 15 is 0 Å². The number of carbonyl (C=O) groups is 1. The predicted octanol–water partition coefficient (Wildman–Crippen LogP) is 4.48. The Morgan fingerprint density at radius 2 is 1.67 bits per heavy atom. The van der Waals surface area contributed by atoms with Gasteiger partial charge in [-0.25, -0.2) is 4.79 Å². The third-order valence-electron chi connectivity index (χ3n) is 6.42. The van der Waals surface area contributed by atoms with Crippen LogP contribution in [-0.2, 0) is 17.9 Å². The lowest BCUT2D eigenvalue weighted by Crippen LogP contribution is -2.40. The highest BCUT2D eigenvalue weighted by atomic mass is 35.5. The first-order chi connectivity index (χ1) is 16.0. The van der Waals surface area contributed by atoms with Gasteiger partial charge in [0.25, 0.3) is 5.56 Å². The summed E-state index contributed by atoms with van der Waals surface area (Å²) in [6.45, 7) is 0.560. The van der Waals surface area contributed by atoms with Crippen molar-refractivity contribution in [3.8, 4) is 0 Å². The van der Waals surface area contributed by atoms with Gasteiger partial charge in [0.1, 0.15) is 0 Å². The number of nitrogens with one attached hydrogen (secondary N) is 1. The van der Waals surface area contributed by atoms with Crippen LogP contribution in [0.1, 0.15) is 56.9 Å². The molecule has 1 aromatic heterocycles. The number of amides is 1. The van der Waals surface area contributed by atoms with Gasteiger partial charge in [0.2, 0.25) is 5.91 Å². The first-order valence-corrected chi connectivity index (χ1v) is 12.2. The molecule has 6 nitrogen and oxygen atoms in total. The molecule has 1 aliphatic carbocycles. The van der Waals surface area contributed by atoms with Crippen molar-refractivity contribution < 1.29 is 4.79 Å². The Balaban J connectivity index is 1.49. The molecule has 3 aromatic rings. The van der Waals surface area contributed by atoms with E-state index in [4.69, 9.17) is 11.6 Å². The second kappa shape index (κ2) is 10.8. The molecule has 0 atom stereocenters. The second-order valence-corrected chi connectivity index (χ2v) is 9.20. The zero-order chi connectivity index (χ0) is 23.2. The first-order valence-electron chi connectivity index (χ1n) is 11.8. The number of para-hydroxylation sites is 1. The van der Waals surface area contributed by atoms with E-state index in [0.717, 1.165) is 18.4 Å². The summed E-state index contributed by atoms with van der Waals surface area (Å²) in [5, 5.41) is 4.20. The fourth-order valence-electron chi connectivity index (χ4n) is 4.62. The lowest BCUT2D eigenvalue weighted by atomic mass is 9.95. The molecule has 1 fully saturated rings. The molecule has 0 unspecified atom stereocenters. The van der Waals surface area contributed by atoms with Crippen LogP contribution in [0.2, 0.25) is 5.02 Å². The number of halogens is 1. The Bertz CT molecular complexity index is 1240. The van der Waals surface area contributed by atoms with E-state index in [1.807, 2.05) is 24.3 Å². The molecule has 1 amide bonds. The average molecular weight is 468 g/mol. The lowest BCUT2D eigenvalue weighted by Gasteiger charge is -2.22. The molecule has 0 aliphatic heterocycles. The maximum absolute atomic E-state index is 13.3. The van der Waals surface area contributed by atoms with Gasteiger partial charge < -0.3 is 5.32 Å². The number of carbonyl (C=O) groups excluding carboxylic acids is 1. The molecule has 0 bridgehead atoms.